The lowest BCUT2D eigenvalue weighted by atomic mass is 10.0. The van der Waals surface area contributed by atoms with Gasteiger partial charge in [0.05, 0.1) is 6.61 Å². The van der Waals surface area contributed by atoms with Crippen LogP contribution in [-0.4, -0.2) is 90.1 Å². The van der Waals surface area contributed by atoms with Crippen LogP contribution in [0.15, 0.2) is 0 Å². The van der Waals surface area contributed by atoms with Crippen LogP contribution in [0.25, 0.3) is 0 Å². The van der Waals surface area contributed by atoms with E-state index < -0.39 is 30.6 Å². The maximum atomic E-state index is 12.1. The van der Waals surface area contributed by atoms with Crippen molar-refractivity contribution in [1.29, 1.82) is 0 Å². The van der Waals surface area contributed by atoms with Gasteiger partial charge in [0, 0.05) is 32.7 Å². The first-order valence-electron chi connectivity index (χ1n) is 6.78. The smallest absolute Gasteiger partial charge is 0.319 e. The Morgan fingerprint density at radius 3 is 2.76 bits per heavy atom. The Kier molecular flexibility index (Phi) is 8.23. The van der Waals surface area contributed by atoms with E-state index >= 15 is 0 Å². The molecule has 1 fully saturated rings. The molecule has 0 aromatic heterocycles. The van der Waals surface area contributed by atoms with Crippen molar-refractivity contribution >= 4 is 17.6 Å². The maximum Gasteiger partial charge on any atom is 0.319 e. The second-order valence-electron chi connectivity index (χ2n) is 4.73. The highest BCUT2D eigenvalue weighted by Crippen LogP contribution is 2.19. The van der Waals surface area contributed by atoms with Crippen molar-refractivity contribution in [2.24, 2.45) is 0 Å². The number of halogens is 1. The molecule has 1 rings (SSSR count). The van der Waals surface area contributed by atoms with Crippen LogP contribution in [0.4, 0.5) is 4.79 Å². The molecule has 1 aliphatic rings. The van der Waals surface area contributed by atoms with Gasteiger partial charge in [0.2, 0.25) is 0 Å². The van der Waals surface area contributed by atoms with Crippen LogP contribution in [0.5, 0.6) is 0 Å². The number of urea groups is 1. The van der Waals surface area contributed by atoms with Crippen LogP contribution in [-0.2, 0) is 9.47 Å². The van der Waals surface area contributed by atoms with Crippen molar-refractivity contribution in [3.8, 4) is 0 Å². The van der Waals surface area contributed by atoms with Gasteiger partial charge in [0.1, 0.15) is 18.3 Å². The molecule has 4 atom stereocenters. The summed E-state index contributed by atoms with van der Waals surface area (Å²) in [5.74, 6) is 0.257. The Morgan fingerprint density at radius 2 is 2.14 bits per heavy atom. The van der Waals surface area contributed by atoms with Crippen molar-refractivity contribution in [2.45, 2.75) is 31.0 Å². The third kappa shape index (κ3) is 5.24. The van der Waals surface area contributed by atoms with Gasteiger partial charge in [-0.1, -0.05) is 0 Å². The zero-order valence-corrected chi connectivity index (χ0v) is 12.7. The first kappa shape index (κ1) is 18.4. The van der Waals surface area contributed by atoms with Crippen molar-refractivity contribution in [3.63, 3.8) is 0 Å². The van der Waals surface area contributed by atoms with Gasteiger partial charge in [-0.25, -0.2) is 4.79 Å². The SMILES string of the molecule is COCCCN(C(=O)NCCCl)C1OC[C@H](O)[C@H](O)[C@H]1O. The Labute approximate surface area is 128 Å². The number of rotatable bonds is 7. The van der Waals surface area contributed by atoms with Gasteiger partial charge in [-0.2, -0.15) is 0 Å². The number of nitrogens with one attached hydrogen (secondary N) is 1. The molecule has 1 saturated heterocycles. The molecular formula is C12H23ClN2O6. The summed E-state index contributed by atoms with van der Waals surface area (Å²) in [5, 5.41) is 31.7. The van der Waals surface area contributed by atoms with Crippen molar-refractivity contribution in [3.05, 3.63) is 0 Å². The van der Waals surface area contributed by atoms with Crippen LogP contribution in [0.3, 0.4) is 0 Å². The number of alkyl halides is 1. The summed E-state index contributed by atoms with van der Waals surface area (Å²) in [5.41, 5.74) is 0. The summed E-state index contributed by atoms with van der Waals surface area (Å²) in [4.78, 5) is 13.4. The van der Waals surface area contributed by atoms with E-state index in [1.165, 1.54) is 4.90 Å². The van der Waals surface area contributed by atoms with Gasteiger partial charge >= 0.3 is 6.03 Å². The highest BCUT2D eigenvalue weighted by molar-refractivity contribution is 6.18. The maximum absolute atomic E-state index is 12.1. The number of aliphatic hydroxyl groups is 3. The lowest BCUT2D eigenvalue weighted by Gasteiger charge is -2.41. The number of hydrogen-bond acceptors (Lipinski definition) is 6. The average molecular weight is 327 g/mol. The molecule has 124 valence electrons. The van der Waals surface area contributed by atoms with Crippen molar-refractivity contribution in [2.75, 3.05) is 39.3 Å². The molecule has 1 heterocycles. The monoisotopic (exact) mass is 326 g/mol. The molecule has 9 heteroatoms. The van der Waals surface area contributed by atoms with E-state index in [1.807, 2.05) is 0 Å². The first-order chi connectivity index (χ1) is 10.0. The molecule has 0 saturated carbocycles. The molecule has 2 amide bonds. The topological polar surface area (TPSA) is 111 Å². The lowest BCUT2D eigenvalue weighted by Crippen LogP contribution is -2.61. The quantitative estimate of drug-likeness (QED) is 0.342. The molecule has 0 bridgehead atoms. The fourth-order valence-corrected chi connectivity index (χ4v) is 2.14. The molecule has 1 aliphatic heterocycles. The van der Waals surface area contributed by atoms with Crippen LogP contribution in [0, 0.1) is 0 Å². The van der Waals surface area contributed by atoms with Crippen molar-refractivity contribution in [1.82, 2.24) is 10.2 Å². The largest absolute Gasteiger partial charge is 0.388 e. The minimum atomic E-state index is -1.39. The fourth-order valence-electron chi connectivity index (χ4n) is 2.04. The molecule has 0 radical (unpaired) electrons. The van der Waals surface area contributed by atoms with Gasteiger partial charge in [-0.3, -0.25) is 4.90 Å². The first-order valence-corrected chi connectivity index (χ1v) is 7.31. The average Bonchev–Trinajstić information content (AvgIpc) is 2.48. The molecule has 0 aliphatic carbocycles. The zero-order chi connectivity index (χ0) is 15.8. The highest BCUT2D eigenvalue weighted by atomic mass is 35.5. The summed E-state index contributed by atoms with van der Waals surface area (Å²) in [6, 6.07) is -0.459. The predicted octanol–water partition coefficient (Wildman–Crippen LogP) is -1.29. The van der Waals surface area contributed by atoms with E-state index in [0.29, 0.717) is 13.0 Å². The molecule has 8 nitrogen and oxygen atoms in total. The van der Waals surface area contributed by atoms with Crippen LogP contribution in [0.2, 0.25) is 0 Å². The van der Waals surface area contributed by atoms with Gasteiger partial charge in [-0.15, -0.1) is 11.6 Å². The number of carbonyl (C=O) groups is 1. The van der Waals surface area contributed by atoms with Crippen molar-refractivity contribution < 1.29 is 29.6 Å². The fraction of sp³-hybridized carbons (Fsp3) is 0.917. The summed E-state index contributed by atoms with van der Waals surface area (Å²) >= 11 is 5.53. The van der Waals surface area contributed by atoms with Crippen LogP contribution < -0.4 is 5.32 Å². The number of methoxy groups -OCH3 is 1. The van der Waals surface area contributed by atoms with Crippen LogP contribution in [0.1, 0.15) is 6.42 Å². The van der Waals surface area contributed by atoms with E-state index in [-0.39, 0.29) is 25.6 Å². The lowest BCUT2D eigenvalue weighted by molar-refractivity contribution is -0.219. The van der Waals surface area contributed by atoms with Gasteiger partial charge in [-0.05, 0) is 6.42 Å². The van der Waals surface area contributed by atoms with E-state index in [0.717, 1.165) is 0 Å². The number of amides is 2. The third-order valence-electron chi connectivity index (χ3n) is 3.16. The van der Waals surface area contributed by atoms with E-state index in [2.05, 4.69) is 5.32 Å². The van der Waals surface area contributed by atoms with Gasteiger partial charge in [0.15, 0.2) is 6.23 Å². The Balaban J connectivity index is 2.71. The molecule has 0 aromatic carbocycles. The highest BCUT2D eigenvalue weighted by Gasteiger charge is 2.41. The summed E-state index contributed by atoms with van der Waals surface area (Å²) in [6.07, 6.45) is -4.43. The molecule has 0 aromatic rings. The number of carbonyl (C=O) groups excluding carboxylic acids is 1. The second kappa shape index (κ2) is 9.39. The van der Waals surface area contributed by atoms with Gasteiger partial charge in [0.25, 0.3) is 0 Å². The molecule has 4 N–H and O–H groups in total. The third-order valence-corrected chi connectivity index (χ3v) is 3.35. The number of nitrogens with zero attached hydrogens (tertiary/aromatic N) is 1. The zero-order valence-electron chi connectivity index (χ0n) is 11.9. The standard InChI is InChI=1S/C12H23ClN2O6/c1-20-6-2-5-15(12(19)14-4-3-13)11-10(18)9(17)8(16)7-21-11/h8-11,16-18H,2-7H2,1H3,(H,14,19)/t8-,9-,10+,11?/m0/s1. The van der Waals surface area contributed by atoms with E-state index in [9.17, 15) is 20.1 Å². The normalized spacial score (nSPS) is 29.2. The van der Waals surface area contributed by atoms with Crippen LogP contribution >= 0.6 is 11.6 Å². The van der Waals surface area contributed by atoms with E-state index in [4.69, 9.17) is 21.1 Å². The molecule has 0 spiro atoms. The summed E-state index contributed by atoms with van der Waals surface area (Å²) < 4.78 is 10.2. The Morgan fingerprint density at radius 1 is 1.43 bits per heavy atom. The molecule has 1 unspecified atom stereocenters. The molecule has 21 heavy (non-hydrogen) atoms. The summed E-state index contributed by atoms with van der Waals surface area (Å²) in [6.45, 7) is 0.821. The number of ether oxygens (including phenoxy) is 2. The minimum absolute atomic E-state index is 0.160. The number of aliphatic hydroxyl groups excluding tert-OH is 3. The van der Waals surface area contributed by atoms with E-state index in [1.54, 1.807) is 7.11 Å². The van der Waals surface area contributed by atoms with Gasteiger partial charge < -0.3 is 30.1 Å². The Bertz CT molecular complexity index is 322. The molecular weight excluding hydrogens is 304 g/mol. The minimum Gasteiger partial charge on any atom is -0.388 e. The number of hydrogen-bond donors (Lipinski definition) is 4. The summed E-state index contributed by atoms with van der Waals surface area (Å²) in [7, 11) is 1.55. The predicted molar refractivity (Wildman–Crippen MR) is 75.1 cm³/mol. The Hall–Kier alpha value is -0.640. The second-order valence-corrected chi connectivity index (χ2v) is 5.11.